The van der Waals surface area contributed by atoms with Gasteiger partial charge in [0.2, 0.25) is 0 Å². The lowest BCUT2D eigenvalue weighted by Gasteiger charge is -2.34. The Morgan fingerprint density at radius 3 is 2.43 bits per heavy atom. The van der Waals surface area contributed by atoms with Gasteiger partial charge < -0.3 is 14.7 Å². The maximum Gasteiger partial charge on any atom is 0.413 e. The summed E-state index contributed by atoms with van der Waals surface area (Å²) in [4.78, 5) is 42.5. The summed E-state index contributed by atoms with van der Waals surface area (Å²) in [5.74, 6) is -1.29. The van der Waals surface area contributed by atoms with Crippen LogP contribution in [0.3, 0.4) is 0 Å². The molecule has 2 heterocycles. The Bertz CT molecular complexity index is 1230. The fourth-order valence-electron chi connectivity index (χ4n) is 4.98. The molecule has 2 N–H and O–H groups in total. The number of aromatic nitrogens is 1. The van der Waals surface area contributed by atoms with Crippen molar-refractivity contribution in [1.82, 2.24) is 9.88 Å². The van der Waals surface area contributed by atoms with Crippen LogP contribution in [-0.4, -0.2) is 52.2 Å². The third kappa shape index (κ3) is 4.77. The summed E-state index contributed by atoms with van der Waals surface area (Å²) in [6, 6.07) is 15.9. The van der Waals surface area contributed by atoms with Gasteiger partial charge in [0.1, 0.15) is 12.3 Å². The molecule has 3 aromatic rings. The molecule has 1 aliphatic heterocycles. The number of ether oxygens (including phenoxy) is 1. The van der Waals surface area contributed by atoms with Gasteiger partial charge in [0.15, 0.2) is 5.13 Å². The molecule has 1 fully saturated rings. The molecule has 1 aromatic heterocycles. The Kier molecular flexibility index (Phi) is 6.50. The number of rotatable bonds is 6. The summed E-state index contributed by atoms with van der Waals surface area (Å²) >= 11 is 1.13. The van der Waals surface area contributed by atoms with Gasteiger partial charge in [-0.2, -0.15) is 0 Å². The van der Waals surface area contributed by atoms with Gasteiger partial charge in [-0.05, 0) is 41.5 Å². The molecule has 9 heteroatoms. The molecule has 0 spiro atoms. The van der Waals surface area contributed by atoms with Gasteiger partial charge in [-0.3, -0.25) is 14.9 Å². The second-order valence-corrected chi connectivity index (χ2v) is 9.59. The number of carboxylic acid groups (broad SMARTS) is 1. The standard InChI is InChI=1S/C26H25N3O5S/c30-23(31)13-16-7-5-6-12-29(16)24(32)22-15-35-25(27-22)28-26(33)34-14-21-19-10-3-1-8-17(19)18-9-2-4-11-20(18)21/h1-4,8-11,15-16,21H,5-7,12-14H2,(H,30,31)(H,27,28,33)/t16-/m0/s1. The van der Waals surface area contributed by atoms with E-state index in [2.05, 4.69) is 34.6 Å². The van der Waals surface area contributed by atoms with Gasteiger partial charge in [-0.1, -0.05) is 48.5 Å². The Morgan fingerprint density at radius 1 is 1.06 bits per heavy atom. The van der Waals surface area contributed by atoms with E-state index in [1.54, 1.807) is 10.3 Å². The monoisotopic (exact) mass is 491 g/mol. The first-order chi connectivity index (χ1) is 17.0. The van der Waals surface area contributed by atoms with Gasteiger partial charge in [0, 0.05) is 23.9 Å². The van der Waals surface area contributed by atoms with Crippen molar-refractivity contribution in [3.63, 3.8) is 0 Å². The molecule has 2 amide bonds. The average molecular weight is 492 g/mol. The zero-order chi connectivity index (χ0) is 24.4. The number of amides is 2. The van der Waals surface area contributed by atoms with Crippen LogP contribution in [-0.2, 0) is 9.53 Å². The van der Waals surface area contributed by atoms with Crippen molar-refractivity contribution in [3.8, 4) is 11.1 Å². The number of carbonyl (C=O) groups excluding carboxylic acids is 2. The van der Waals surface area contributed by atoms with E-state index in [1.165, 1.54) is 0 Å². The van der Waals surface area contributed by atoms with E-state index in [4.69, 9.17) is 9.84 Å². The fraction of sp³-hybridized carbons (Fsp3) is 0.308. The number of carbonyl (C=O) groups is 3. The number of likely N-dealkylation sites (tertiary alicyclic amines) is 1. The SMILES string of the molecule is O=C(O)C[C@@H]1CCCCN1C(=O)c1csc(NC(=O)OCC2c3ccccc3-c3ccccc32)n1. The number of aliphatic carboxylic acids is 1. The highest BCUT2D eigenvalue weighted by molar-refractivity contribution is 7.14. The second-order valence-electron chi connectivity index (χ2n) is 8.73. The first-order valence-electron chi connectivity index (χ1n) is 11.6. The molecule has 1 aliphatic carbocycles. The maximum absolute atomic E-state index is 13.0. The van der Waals surface area contributed by atoms with Crippen LogP contribution >= 0.6 is 11.3 Å². The summed E-state index contributed by atoms with van der Waals surface area (Å²) in [6.07, 6.45) is 1.67. The number of piperidine rings is 1. The van der Waals surface area contributed by atoms with Gasteiger partial charge in [-0.15, -0.1) is 11.3 Å². The van der Waals surface area contributed by atoms with Crippen molar-refractivity contribution < 1.29 is 24.2 Å². The highest BCUT2D eigenvalue weighted by Crippen LogP contribution is 2.44. The molecule has 1 atom stereocenters. The number of hydrogen-bond donors (Lipinski definition) is 2. The Morgan fingerprint density at radius 2 is 1.74 bits per heavy atom. The van der Waals surface area contributed by atoms with Crippen molar-refractivity contribution in [2.24, 2.45) is 0 Å². The van der Waals surface area contributed by atoms with Crippen LogP contribution in [0.15, 0.2) is 53.9 Å². The Balaban J connectivity index is 1.22. The minimum atomic E-state index is -0.925. The van der Waals surface area contributed by atoms with E-state index in [-0.39, 0.29) is 41.7 Å². The lowest BCUT2D eigenvalue weighted by molar-refractivity contribution is -0.138. The number of carboxylic acids is 1. The van der Waals surface area contributed by atoms with Crippen LogP contribution in [0.4, 0.5) is 9.93 Å². The fourth-order valence-corrected chi connectivity index (χ4v) is 5.65. The summed E-state index contributed by atoms with van der Waals surface area (Å²) in [6.45, 7) is 0.686. The first-order valence-corrected chi connectivity index (χ1v) is 12.5. The predicted octanol–water partition coefficient (Wildman–Crippen LogP) is 4.97. The Labute approximate surface area is 206 Å². The molecule has 0 unspecified atom stereocenters. The zero-order valence-electron chi connectivity index (χ0n) is 19.0. The van der Waals surface area contributed by atoms with E-state index >= 15 is 0 Å². The molecule has 180 valence electrons. The van der Waals surface area contributed by atoms with Crippen LogP contribution < -0.4 is 5.32 Å². The van der Waals surface area contributed by atoms with Crippen LogP contribution in [0.25, 0.3) is 11.1 Å². The van der Waals surface area contributed by atoms with Crippen molar-refractivity contribution in [3.05, 3.63) is 70.7 Å². The largest absolute Gasteiger partial charge is 0.481 e. The number of fused-ring (bicyclic) bond motifs is 3. The molecule has 5 rings (SSSR count). The summed E-state index contributed by atoms with van der Waals surface area (Å²) in [7, 11) is 0. The normalized spacial score (nSPS) is 16.9. The average Bonchev–Trinajstić information content (AvgIpc) is 3.45. The number of nitrogens with one attached hydrogen (secondary N) is 1. The number of anilines is 1. The van der Waals surface area contributed by atoms with Gasteiger partial charge >= 0.3 is 12.1 Å². The van der Waals surface area contributed by atoms with Crippen molar-refractivity contribution >= 4 is 34.4 Å². The van der Waals surface area contributed by atoms with E-state index in [1.807, 2.05) is 24.3 Å². The van der Waals surface area contributed by atoms with Gasteiger partial charge in [0.25, 0.3) is 5.91 Å². The van der Waals surface area contributed by atoms with Crippen LogP contribution in [0.2, 0.25) is 0 Å². The summed E-state index contributed by atoms with van der Waals surface area (Å²) < 4.78 is 5.55. The topological polar surface area (TPSA) is 109 Å². The molecule has 2 aliphatic rings. The first kappa shape index (κ1) is 23.0. The second kappa shape index (κ2) is 9.87. The molecule has 8 nitrogen and oxygen atoms in total. The zero-order valence-corrected chi connectivity index (χ0v) is 19.8. The number of thiazole rings is 1. The van der Waals surface area contributed by atoms with Crippen molar-refractivity contribution in [1.29, 1.82) is 0 Å². The molecule has 2 aromatic carbocycles. The third-order valence-electron chi connectivity index (χ3n) is 6.57. The molecule has 0 saturated carbocycles. The third-order valence-corrected chi connectivity index (χ3v) is 7.33. The molecule has 0 radical (unpaired) electrons. The number of nitrogens with zero attached hydrogens (tertiary/aromatic N) is 2. The van der Waals surface area contributed by atoms with Crippen molar-refractivity contribution in [2.45, 2.75) is 37.6 Å². The summed E-state index contributed by atoms with van der Waals surface area (Å²) in [5.41, 5.74) is 4.75. The smallest absolute Gasteiger partial charge is 0.413 e. The maximum atomic E-state index is 13.0. The predicted molar refractivity (Wildman–Crippen MR) is 132 cm³/mol. The quantitative estimate of drug-likeness (QED) is 0.504. The van der Waals surface area contributed by atoms with Gasteiger partial charge in [0.05, 0.1) is 6.42 Å². The molecular formula is C26H25N3O5S. The van der Waals surface area contributed by atoms with E-state index in [0.29, 0.717) is 13.0 Å². The molecule has 0 bridgehead atoms. The van der Waals surface area contributed by atoms with E-state index in [9.17, 15) is 14.4 Å². The van der Waals surface area contributed by atoms with E-state index in [0.717, 1.165) is 46.4 Å². The van der Waals surface area contributed by atoms with Crippen LogP contribution in [0.1, 0.15) is 53.2 Å². The van der Waals surface area contributed by atoms with Gasteiger partial charge in [-0.25, -0.2) is 9.78 Å². The number of benzene rings is 2. The lowest BCUT2D eigenvalue weighted by Crippen LogP contribution is -2.44. The van der Waals surface area contributed by atoms with Crippen molar-refractivity contribution in [2.75, 3.05) is 18.5 Å². The number of hydrogen-bond acceptors (Lipinski definition) is 6. The summed E-state index contributed by atoms with van der Waals surface area (Å²) in [5, 5.41) is 13.6. The Hall–Kier alpha value is -3.72. The van der Waals surface area contributed by atoms with Crippen LogP contribution in [0.5, 0.6) is 0 Å². The molecular weight excluding hydrogens is 466 g/mol. The minimum Gasteiger partial charge on any atom is -0.481 e. The lowest BCUT2D eigenvalue weighted by atomic mass is 9.98. The van der Waals surface area contributed by atoms with Crippen LogP contribution in [0, 0.1) is 0 Å². The molecule has 35 heavy (non-hydrogen) atoms. The van der Waals surface area contributed by atoms with E-state index < -0.39 is 12.1 Å². The highest BCUT2D eigenvalue weighted by Gasteiger charge is 2.31. The minimum absolute atomic E-state index is 0.0492. The highest BCUT2D eigenvalue weighted by atomic mass is 32.1. The molecule has 1 saturated heterocycles.